The van der Waals surface area contributed by atoms with E-state index in [2.05, 4.69) is 25.3 Å². The molecule has 0 bridgehead atoms. The first kappa shape index (κ1) is 17.6. The number of anilines is 2. The van der Waals surface area contributed by atoms with Crippen LogP contribution >= 0.6 is 11.8 Å². The van der Waals surface area contributed by atoms with Gasteiger partial charge in [-0.15, -0.1) is 0 Å². The topological polar surface area (TPSA) is 148 Å². The third kappa shape index (κ3) is 3.72. The first-order valence-corrected chi connectivity index (χ1v) is 8.39. The van der Waals surface area contributed by atoms with Crippen molar-refractivity contribution in [2.45, 2.75) is 5.03 Å². The first-order valence-electron chi connectivity index (χ1n) is 7.40. The van der Waals surface area contributed by atoms with Gasteiger partial charge in [0.1, 0.15) is 10.5 Å². The number of methoxy groups -OCH3 is 2. The number of nitrogens with two attached hydrogens (primary N) is 1. The van der Waals surface area contributed by atoms with Crippen LogP contribution < -0.4 is 26.2 Å². The molecular weight excluding hydrogens is 360 g/mol. The van der Waals surface area contributed by atoms with E-state index in [0.29, 0.717) is 33.4 Å². The minimum atomic E-state index is -0.420. The maximum Gasteiger partial charge on any atom is 0.325 e. The van der Waals surface area contributed by atoms with Crippen LogP contribution in [0.3, 0.4) is 0 Å². The van der Waals surface area contributed by atoms with E-state index in [4.69, 9.17) is 15.2 Å². The van der Waals surface area contributed by atoms with Gasteiger partial charge in [-0.1, -0.05) is 11.8 Å². The average molecular weight is 376 g/mol. The number of rotatable bonds is 6. The molecule has 5 N–H and O–H groups in total. The van der Waals surface area contributed by atoms with Gasteiger partial charge >= 0.3 is 5.69 Å². The molecule has 0 fully saturated rings. The second kappa shape index (κ2) is 7.35. The number of amides is 1. The molecule has 136 valence electrons. The van der Waals surface area contributed by atoms with Gasteiger partial charge in [0, 0.05) is 11.8 Å². The van der Waals surface area contributed by atoms with E-state index >= 15 is 0 Å². The zero-order valence-corrected chi connectivity index (χ0v) is 14.8. The minimum Gasteiger partial charge on any atom is -0.493 e. The molecule has 10 nitrogen and oxygen atoms in total. The van der Waals surface area contributed by atoms with Gasteiger partial charge in [-0.3, -0.25) is 9.78 Å². The summed E-state index contributed by atoms with van der Waals surface area (Å²) in [5, 5.41) is 3.17. The molecule has 0 unspecified atom stereocenters. The van der Waals surface area contributed by atoms with Crippen molar-refractivity contribution >= 4 is 40.5 Å². The molecule has 3 rings (SSSR count). The molecule has 2 heterocycles. The highest BCUT2D eigenvalue weighted by Gasteiger charge is 2.13. The Morgan fingerprint density at radius 3 is 2.73 bits per heavy atom. The maximum atomic E-state index is 12.2. The molecule has 2 aromatic heterocycles. The summed E-state index contributed by atoms with van der Waals surface area (Å²) in [6, 6.07) is 5.06. The number of carbonyl (C=O) groups is 1. The van der Waals surface area contributed by atoms with Gasteiger partial charge in [0.2, 0.25) is 11.9 Å². The number of imidazole rings is 1. The zero-order chi connectivity index (χ0) is 18.7. The normalized spacial score (nSPS) is 10.7. The summed E-state index contributed by atoms with van der Waals surface area (Å²) in [5.41, 5.74) is 6.48. The Hall–Kier alpha value is -3.21. The molecule has 26 heavy (non-hydrogen) atoms. The third-order valence-electron chi connectivity index (χ3n) is 3.37. The van der Waals surface area contributed by atoms with Crippen LogP contribution in [0.25, 0.3) is 11.2 Å². The van der Waals surface area contributed by atoms with Crippen molar-refractivity contribution in [2.75, 3.05) is 31.0 Å². The predicted molar refractivity (Wildman–Crippen MR) is 97.8 cm³/mol. The number of nitrogens with zero attached hydrogens (tertiary/aromatic N) is 2. The smallest absolute Gasteiger partial charge is 0.325 e. The lowest BCUT2D eigenvalue weighted by molar-refractivity contribution is -0.113. The van der Waals surface area contributed by atoms with Crippen molar-refractivity contribution in [3.05, 3.63) is 28.7 Å². The fourth-order valence-corrected chi connectivity index (χ4v) is 3.05. The van der Waals surface area contributed by atoms with Crippen molar-refractivity contribution in [1.82, 2.24) is 19.9 Å². The number of aromatic nitrogens is 4. The second-order valence-electron chi connectivity index (χ2n) is 5.10. The van der Waals surface area contributed by atoms with E-state index in [1.807, 2.05) is 0 Å². The molecule has 1 aromatic carbocycles. The number of benzene rings is 1. The van der Waals surface area contributed by atoms with Gasteiger partial charge in [0.15, 0.2) is 17.1 Å². The fraction of sp³-hybridized carbons (Fsp3) is 0.200. The Kier molecular flexibility index (Phi) is 4.98. The summed E-state index contributed by atoms with van der Waals surface area (Å²) in [4.78, 5) is 36.7. The van der Waals surface area contributed by atoms with Crippen molar-refractivity contribution in [1.29, 1.82) is 0 Å². The summed E-state index contributed by atoms with van der Waals surface area (Å²) in [5.74, 6) is 0.886. The molecule has 0 aliphatic carbocycles. The Bertz CT molecular complexity index is 1020. The van der Waals surface area contributed by atoms with Crippen molar-refractivity contribution in [2.24, 2.45) is 0 Å². The SMILES string of the molecule is COc1ccc(NC(=O)CSc2nc(N)nc3[nH]c(=O)[nH]c23)cc1OC. The summed E-state index contributed by atoms with van der Waals surface area (Å²) < 4.78 is 10.4. The monoisotopic (exact) mass is 376 g/mol. The minimum absolute atomic E-state index is 0.00977. The van der Waals surface area contributed by atoms with Gasteiger partial charge < -0.3 is 25.5 Å². The van der Waals surface area contributed by atoms with Crippen molar-refractivity contribution < 1.29 is 14.3 Å². The molecule has 0 aliphatic heterocycles. The molecule has 0 atom stereocenters. The second-order valence-corrected chi connectivity index (χ2v) is 6.06. The van der Waals surface area contributed by atoms with E-state index in [0.717, 1.165) is 11.8 Å². The van der Waals surface area contributed by atoms with E-state index in [-0.39, 0.29) is 17.6 Å². The summed E-state index contributed by atoms with van der Waals surface area (Å²) in [7, 11) is 3.05. The number of aromatic amines is 2. The maximum absolute atomic E-state index is 12.2. The van der Waals surface area contributed by atoms with Crippen molar-refractivity contribution in [3.63, 3.8) is 0 Å². The number of hydrogen-bond donors (Lipinski definition) is 4. The fourth-order valence-electron chi connectivity index (χ4n) is 2.26. The number of H-pyrrole nitrogens is 2. The van der Waals surface area contributed by atoms with Crippen LogP contribution in [-0.2, 0) is 4.79 Å². The van der Waals surface area contributed by atoms with Crippen LogP contribution in [0.1, 0.15) is 0 Å². The summed E-state index contributed by atoms with van der Waals surface area (Å²) in [6.45, 7) is 0. The average Bonchev–Trinajstić information content (AvgIpc) is 2.99. The lowest BCUT2D eigenvalue weighted by atomic mass is 10.2. The Balaban J connectivity index is 1.71. The third-order valence-corrected chi connectivity index (χ3v) is 4.35. The number of nitrogen functional groups attached to an aromatic ring is 1. The quantitative estimate of drug-likeness (QED) is 0.367. The zero-order valence-electron chi connectivity index (χ0n) is 14.0. The molecule has 3 aromatic rings. The predicted octanol–water partition coefficient (Wildman–Crippen LogP) is 0.976. The van der Waals surface area contributed by atoms with Crippen LogP contribution in [-0.4, -0.2) is 45.8 Å². The lowest BCUT2D eigenvalue weighted by Crippen LogP contribution is -2.14. The van der Waals surface area contributed by atoms with Gasteiger partial charge in [-0.2, -0.15) is 4.98 Å². The van der Waals surface area contributed by atoms with Crippen molar-refractivity contribution in [3.8, 4) is 11.5 Å². The van der Waals surface area contributed by atoms with Gasteiger partial charge in [-0.25, -0.2) is 9.78 Å². The number of fused-ring (bicyclic) bond motifs is 1. The van der Waals surface area contributed by atoms with Gasteiger partial charge in [0.05, 0.1) is 20.0 Å². The van der Waals surface area contributed by atoms with E-state index in [1.165, 1.54) is 14.2 Å². The number of nitrogens with one attached hydrogen (secondary N) is 3. The van der Waals surface area contributed by atoms with Crippen LogP contribution in [0.15, 0.2) is 28.0 Å². The summed E-state index contributed by atoms with van der Waals surface area (Å²) in [6.07, 6.45) is 0. The molecule has 0 radical (unpaired) electrons. The molecule has 0 saturated heterocycles. The molecule has 1 amide bonds. The van der Waals surface area contributed by atoms with Gasteiger partial charge in [-0.05, 0) is 12.1 Å². The van der Waals surface area contributed by atoms with Gasteiger partial charge in [0.25, 0.3) is 0 Å². The lowest BCUT2D eigenvalue weighted by Gasteiger charge is -2.10. The van der Waals surface area contributed by atoms with E-state index in [1.54, 1.807) is 18.2 Å². The standard InChI is InChI=1S/C15H16N6O4S/c1-24-8-4-3-7(5-9(8)25-2)17-10(22)6-26-13-11-12(19-14(16)21-13)20-15(23)18-11/h3-5H,6H2,1-2H3,(H,17,22)(H4,16,18,19,20,21,23). The highest BCUT2D eigenvalue weighted by molar-refractivity contribution is 8.00. The van der Waals surface area contributed by atoms with Crippen LogP contribution in [0.2, 0.25) is 0 Å². The largest absolute Gasteiger partial charge is 0.493 e. The van der Waals surface area contributed by atoms with Crippen LogP contribution in [0, 0.1) is 0 Å². The number of hydrogen-bond acceptors (Lipinski definition) is 8. The summed E-state index contributed by atoms with van der Waals surface area (Å²) >= 11 is 1.13. The number of thioether (sulfide) groups is 1. The van der Waals surface area contributed by atoms with E-state index < -0.39 is 5.69 Å². The highest BCUT2D eigenvalue weighted by atomic mass is 32.2. The number of ether oxygens (including phenoxy) is 2. The molecule has 11 heteroatoms. The molecule has 0 aliphatic rings. The molecular formula is C15H16N6O4S. The Morgan fingerprint density at radius 2 is 2.00 bits per heavy atom. The van der Waals surface area contributed by atoms with Crippen LogP contribution in [0.4, 0.5) is 11.6 Å². The van der Waals surface area contributed by atoms with E-state index in [9.17, 15) is 9.59 Å². The first-order chi connectivity index (χ1) is 12.5. The number of carbonyl (C=O) groups excluding carboxylic acids is 1. The Morgan fingerprint density at radius 1 is 1.23 bits per heavy atom. The van der Waals surface area contributed by atoms with Crippen LogP contribution in [0.5, 0.6) is 11.5 Å². The highest BCUT2D eigenvalue weighted by Crippen LogP contribution is 2.30. The Labute approximate surface area is 151 Å². The molecule has 0 saturated carbocycles. The molecule has 0 spiro atoms.